The number of nitrogens with one attached hydrogen (secondary N) is 2. The Morgan fingerprint density at radius 2 is 1.86 bits per heavy atom. The smallest absolute Gasteiger partial charge is 0.277 e. The molecule has 2 N–H and O–H groups in total. The summed E-state index contributed by atoms with van der Waals surface area (Å²) in [6, 6.07) is 13.7. The van der Waals surface area contributed by atoms with Gasteiger partial charge in [-0.25, -0.2) is 18.6 Å². The van der Waals surface area contributed by atoms with E-state index < -0.39 is 10.0 Å². The number of rotatable bonds is 9. The highest BCUT2D eigenvalue weighted by Crippen LogP contribution is 2.12. The molecule has 0 aromatic heterocycles. The molecular weight excluding hydrogens is 378 g/mol. The van der Waals surface area contributed by atoms with Crippen molar-refractivity contribution < 1.29 is 17.9 Å². The van der Waals surface area contributed by atoms with Crippen molar-refractivity contribution in [2.24, 2.45) is 5.10 Å². The molecule has 0 aliphatic heterocycles. The molecule has 0 spiro atoms. The molecular formula is C20H25N3O4S. The number of ether oxygens (including phenoxy) is 1. The molecule has 0 fully saturated rings. The minimum atomic E-state index is -3.50. The minimum absolute atomic E-state index is 0.152. The van der Waals surface area contributed by atoms with Gasteiger partial charge in [-0.05, 0) is 55.7 Å². The molecule has 0 unspecified atom stereocenters. The fourth-order valence-corrected chi connectivity index (χ4v) is 3.43. The molecule has 0 heterocycles. The Labute approximate surface area is 165 Å². The molecule has 0 saturated carbocycles. The molecule has 0 radical (unpaired) electrons. The zero-order valence-electron chi connectivity index (χ0n) is 16.2. The number of nitrogens with zero attached hydrogens (tertiary/aromatic N) is 1. The lowest BCUT2D eigenvalue weighted by atomic mass is 10.1. The summed E-state index contributed by atoms with van der Waals surface area (Å²) in [6.07, 6.45) is 0.719. The fraction of sp³-hybridized carbons (Fsp3) is 0.300. The number of hydrogen-bond acceptors (Lipinski definition) is 5. The van der Waals surface area contributed by atoms with Gasteiger partial charge in [-0.2, -0.15) is 5.10 Å². The SMILES string of the molecule is CCCNS(=O)(=O)c1ccc(/C(C)=N\NC(=O)COc2cccc(C)c2)cc1. The number of carbonyl (C=O) groups is 1. The summed E-state index contributed by atoms with van der Waals surface area (Å²) in [6.45, 7) is 5.80. The number of amides is 1. The highest BCUT2D eigenvalue weighted by Gasteiger charge is 2.13. The minimum Gasteiger partial charge on any atom is -0.484 e. The van der Waals surface area contributed by atoms with E-state index in [1.165, 1.54) is 12.1 Å². The normalized spacial score (nSPS) is 11.9. The lowest BCUT2D eigenvalue weighted by Crippen LogP contribution is -2.25. The van der Waals surface area contributed by atoms with E-state index in [0.29, 0.717) is 23.6 Å². The first-order valence-electron chi connectivity index (χ1n) is 8.94. The zero-order chi connectivity index (χ0) is 20.6. The molecule has 2 aromatic carbocycles. The summed E-state index contributed by atoms with van der Waals surface area (Å²) in [5.74, 6) is 0.230. The first-order chi connectivity index (χ1) is 13.3. The van der Waals surface area contributed by atoms with Gasteiger partial charge in [0.2, 0.25) is 10.0 Å². The molecule has 0 saturated heterocycles. The van der Waals surface area contributed by atoms with Crippen LogP contribution >= 0.6 is 0 Å². The van der Waals surface area contributed by atoms with Gasteiger partial charge in [-0.15, -0.1) is 0 Å². The quantitative estimate of drug-likeness (QED) is 0.497. The summed E-state index contributed by atoms with van der Waals surface area (Å²) >= 11 is 0. The molecule has 0 atom stereocenters. The van der Waals surface area contributed by atoms with Gasteiger partial charge in [-0.1, -0.05) is 31.2 Å². The van der Waals surface area contributed by atoms with Crippen molar-refractivity contribution in [3.63, 3.8) is 0 Å². The largest absolute Gasteiger partial charge is 0.484 e. The van der Waals surface area contributed by atoms with Crippen LogP contribution in [0, 0.1) is 6.92 Å². The fourth-order valence-electron chi connectivity index (χ4n) is 2.29. The molecule has 7 nitrogen and oxygen atoms in total. The summed E-state index contributed by atoms with van der Waals surface area (Å²) in [5.41, 5.74) is 4.73. The predicted octanol–water partition coefficient (Wildman–Crippen LogP) is 2.60. The summed E-state index contributed by atoms with van der Waals surface area (Å²) in [4.78, 5) is 12.1. The van der Waals surface area contributed by atoms with Crippen LogP contribution in [-0.2, 0) is 14.8 Å². The molecule has 1 amide bonds. The Kier molecular flexibility index (Phi) is 7.71. The second-order valence-corrected chi connectivity index (χ2v) is 8.03. The van der Waals surface area contributed by atoms with E-state index >= 15 is 0 Å². The van der Waals surface area contributed by atoms with Crippen LogP contribution in [0.25, 0.3) is 0 Å². The first-order valence-corrected chi connectivity index (χ1v) is 10.4. The van der Waals surface area contributed by atoms with Crippen LogP contribution in [-0.4, -0.2) is 33.2 Å². The van der Waals surface area contributed by atoms with Gasteiger partial charge in [0.05, 0.1) is 10.6 Å². The van der Waals surface area contributed by atoms with Crippen molar-refractivity contribution in [2.75, 3.05) is 13.2 Å². The van der Waals surface area contributed by atoms with E-state index in [2.05, 4.69) is 15.2 Å². The molecule has 8 heteroatoms. The molecule has 150 valence electrons. The molecule has 28 heavy (non-hydrogen) atoms. The van der Waals surface area contributed by atoms with Crippen LogP contribution in [0.1, 0.15) is 31.4 Å². The maximum atomic E-state index is 12.1. The lowest BCUT2D eigenvalue weighted by molar-refractivity contribution is -0.123. The van der Waals surface area contributed by atoms with Gasteiger partial charge >= 0.3 is 0 Å². The zero-order valence-corrected chi connectivity index (χ0v) is 17.0. The summed E-state index contributed by atoms with van der Waals surface area (Å²) in [7, 11) is -3.50. The van der Waals surface area contributed by atoms with Crippen molar-refractivity contribution in [1.29, 1.82) is 0 Å². The molecule has 2 aromatic rings. The first kappa shape index (κ1) is 21.6. The lowest BCUT2D eigenvalue weighted by Gasteiger charge is -2.08. The van der Waals surface area contributed by atoms with E-state index in [1.54, 1.807) is 25.1 Å². The Morgan fingerprint density at radius 1 is 1.14 bits per heavy atom. The highest BCUT2D eigenvalue weighted by atomic mass is 32.2. The van der Waals surface area contributed by atoms with Crippen molar-refractivity contribution in [2.45, 2.75) is 32.1 Å². The van der Waals surface area contributed by atoms with Crippen LogP contribution in [0.15, 0.2) is 58.5 Å². The van der Waals surface area contributed by atoms with Crippen LogP contribution in [0.2, 0.25) is 0 Å². The Bertz CT molecular complexity index is 938. The summed E-state index contributed by atoms with van der Waals surface area (Å²) < 4.78 is 32.1. The van der Waals surface area contributed by atoms with Gasteiger partial charge in [0, 0.05) is 6.54 Å². The number of benzene rings is 2. The Morgan fingerprint density at radius 3 is 2.50 bits per heavy atom. The van der Waals surface area contributed by atoms with E-state index in [4.69, 9.17) is 4.74 Å². The third-order valence-electron chi connectivity index (χ3n) is 3.83. The second kappa shape index (κ2) is 10.0. The average molecular weight is 404 g/mol. The average Bonchev–Trinajstić information content (AvgIpc) is 2.69. The van der Waals surface area contributed by atoms with Crippen LogP contribution < -0.4 is 14.9 Å². The maximum Gasteiger partial charge on any atom is 0.277 e. The van der Waals surface area contributed by atoms with Crippen LogP contribution in [0.3, 0.4) is 0 Å². The summed E-state index contributed by atoms with van der Waals surface area (Å²) in [5, 5.41) is 4.04. The van der Waals surface area contributed by atoms with E-state index in [-0.39, 0.29) is 17.4 Å². The van der Waals surface area contributed by atoms with Crippen molar-refractivity contribution in [1.82, 2.24) is 10.1 Å². The maximum absolute atomic E-state index is 12.1. The van der Waals surface area contributed by atoms with E-state index in [1.807, 2.05) is 32.0 Å². The predicted molar refractivity (Wildman–Crippen MR) is 109 cm³/mol. The van der Waals surface area contributed by atoms with Gasteiger partial charge in [0.25, 0.3) is 5.91 Å². The van der Waals surface area contributed by atoms with Crippen molar-refractivity contribution in [3.05, 3.63) is 59.7 Å². The number of hydrazone groups is 1. The molecule has 0 bridgehead atoms. The topological polar surface area (TPSA) is 96.9 Å². The number of carbonyl (C=O) groups excluding carboxylic acids is 1. The van der Waals surface area contributed by atoms with Gasteiger partial charge in [-0.3, -0.25) is 4.79 Å². The third kappa shape index (κ3) is 6.47. The van der Waals surface area contributed by atoms with Crippen molar-refractivity contribution >= 4 is 21.6 Å². The van der Waals surface area contributed by atoms with Gasteiger partial charge in [0.1, 0.15) is 5.75 Å². The number of hydrogen-bond donors (Lipinski definition) is 2. The highest BCUT2D eigenvalue weighted by molar-refractivity contribution is 7.89. The van der Waals surface area contributed by atoms with E-state index in [0.717, 1.165) is 12.0 Å². The second-order valence-electron chi connectivity index (χ2n) is 6.26. The number of sulfonamides is 1. The Balaban J connectivity index is 1.92. The standard InChI is InChI=1S/C20H25N3O4S/c1-4-12-21-28(25,26)19-10-8-17(9-11-19)16(3)22-23-20(24)14-27-18-7-5-6-15(2)13-18/h5-11,13,21H,4,12,14H2,1-3H3,(H,23,24)/b22-16-. The Hall–Kier alpha value is -2.71. The van der Waals surface area contributed by atoms with Gasteiger partial charge < -0.3 is 4.74 Å². The monoisotopic (exact) mass is 403 g/mol. The van der Waals surface area contributed by atoms with Crippen LogP contribution in [0.5, 0.6) is 5.75 Å². The molecule has 0 aliphatic carbocycles. The molecule has 2 rings (SSSR count). The van der Waals surface area contributed by atoms with E-state index in [9.17, 15) is 13.2 Å². The van der Waals surface area contributed by atoms with Crippen molar-refractivity contribution in [3.8, 4) is 5.75 Å². The number of aryl methyl sites for hydroxylation is 1. The third-order valence-corrected chi connectivity index (χ3v) is 5.31. The molecule has 0 aliphatic rings. The van der Waals surface area contributed by atoms with Crippen LogP contribution in [0.4, 0.5) is 0 Å². The van der Waals surface area contributed by atoms with Gasteiger partial charge in [0.15, 0.2) is 6.61 Å².